The summed E-state index contributed by atoms with van der Waals surface area (Å²) >= 11 is 0. The second kappa shape index (κ2) is 7.19. The first kappa shape index (κ1) is 17.4. The normalized spacial score (nSPS) is 12.9. The van der Waals surface area contributed by atoms with Crippen molar-refractivity contribution in [3.05, 3.63) is 59.9 Å². The molecule has 0 saturated carbocycles. The van der Waals surface area contributed by atoms with Crippen LogP contribution in [0.1, 0.15) is 30.9 Å². The molecular formula is C19H21F2N3O. The number of fused-ring (bicyclic) bond motifs is 1. The largest absolute Gasteiger partial charge is 0.497 e. The van der Waals surface area contributed by atoms with Crippen molar-refractivity contribution >= 4 is 11.0 Å². The van der Waals surface area contributed by atoms with Crippen LogP contribution in [0.3, 0.4) is 0 Å². The predicted molar refractivity (Wildman–Crippen MR) is 93.9 cm³/mol. The number of nitrogens with zero attached hydrogens (tertiary/aromatic N) is 3. The lowest BCUT2D eigenvalue weighted by Gasteiger charge is -2.25. The quantitative estimate of drug-likeness (QED) is 0.652. The summed E-state index contributed by atoms with van der Waals surface area (Å²) in [5, 5.41) is 0. The Morgan fingerprint density at radius 2 is 1.92 bits per heavy atom. The van der Waals surface area contributed by atoms with Gasteiger partial charge in [0.15, 0.2) is 0 Å². The average Bonchev–Trinajstić information content (AvgIpc) is 3.00. The monoisotopic (exact) mass is 345 g/mol. The van der Waals surface area contributed by atoms with E-state index in [0.29, 0.717) is 23.4 Å². The van der Waals surface area contributed by atoms with Crippen LogP contribution in [0.4, 0.5) is 8.78 Å². The van der Waals surface area contributed by atoms with Crippen molar-refractivity contribution in [1.82, 2.24) is 14.5 Å². The van der Waals surface area contributed by atoms with E-state index in [9.17, 15) is 8.78 Å². The summed E-state index contributed by atoms with van der Waals surface area (Å²) in [5.74, 6) is 1.14. The molecule has 1 atom stereocenters. The first-order valence-corrected chi connectivity index (χ1v) is 8.09. The summed E-state index contributed by atoms with van der Waals surface area (Å²) in [5.41, 5.74) is 2.09. The van der Waals surface area contributed by atoms with E-state index in [1.54, 1.807) is 31.4 Å². The number of rotatable bonds is 6. The zero-order valence-electron chi connectivity index (χ0n) is 14.5. The number of para-hydroxylation sites is 2. The van der Waals surface area contributed by atoms with Crippen molar-refractivity contribution in [1.29, 1.82) is 0 Å². The number of aromatic nitrogens is 2. The molecule has 0 saturated heterocycles. The molecule has 0 aliphatic heterocycles. The molecule has 0 aliphatic rings. The maximum Gasteiger partial charge on any atom is 0.320 e. The molecule has 3 aromatic rings. The van der Waals surface area contributed by atoms with Crippen LogP contribution in [-0.4, -0.2) is 28.6 Å². The van der Waals surface area contributed by atoms with E-state index in [-0.39, 0.29) is 6.04 Å². The third-order valence-corrected chi connectivity index (χ3v) is 4.42. The highest BCUT2D eigenvalue weighted by Crippen LogP contribution is 2.29. The highest BCUT2D eigenvalue weighted by molar-refractivity contribution is 5.76. The summed E-state index contributed by atoms with van der Waals surface area (Å²) in [7, 11) is 3.52. The van der Waals surface area contributed by atoms with Crippen LogP contribution in [0, 0.1) is 0 Å². The third-order valence-electron chi connectivity index (χ3n) is 4.42. The van der Waals surface area contributed by atoms with Crippen molar-refractivity contribution in [2.24, 2.45) is 0 Å². The standard InChI is InChI=1S/C19H21F2N3O/c1-13(23(2)12-14-7-6-8-15(11-14)25-3)18-22-16-9-4-5-10-17(16)24(18)19(20)21/h4-11,13,19H,12H2,1-3H3. The Morgan fingerprint density at radius 1 is 1.16 bits per heavy atom. The summed E-state index contributed by atoms with van der Waals surface area (Å²) in [6.45, 7) is -0.138. The van der Waals surface area contributed by atoms with Gasteiger partial charge in [-0.15, -0.1) is 0 Å². The van der Waals surface area contributed by atoms with Gasteiger partial charge >= 0.3 is 6.55 Å². The fourth-order valence-corrected chi connectivity index (χ4v) is 2.96. The zero-order chi connectivity index (χ0) is 18.0. The first-order chi connectivity index (χ1) is 12.0. The molecule has 132 valence electrons. The number of ether oxygens (including phenoxy) is 1. The maximum absolute atomic E-state index is 13.6. The molecule has 3 rings (SSSR count). The van der Waals surface area contributed by atoms with Crippen molar-refractivity contribution < 1.29 is 13.5 Å². The number of methoxy groups -OCH3 is 1. The van der Waals surface area contributed by atoms with Crippen LogP contribution in [-0.2, 0) is 6.54 Å². The second-order valence-corrected chi connectivity index (χ2v) is 6.05. The molecule has 1 aromatic heterocycles. The molecule has 2 aromatic carbocycles. The fourth-order valence-electron chi connectivity index (χ4n) is 2.96. The Bertz CT molecular complexity index is 863. The molecule has 6 heteroatoms. The van der Waals surface area contributed by atoms with E-state index in [2.05, 4.69) is 4.98 Å². The lowest BCUT2D eigenvalue weighted by Crippen LogP contribution is -2.25. The molecule has 0 amide bonds. The van der Waals surface area contributed by atoms with E-state index < -0.39 is 6.55 Å². The Morgan fingerprint density at radius 3 is 2.64 bits per heavy atom. The van der Waals surface area contributed by atoms with Crippen molar-refractivity contribution in [2.45, 2.75) is 26.1 Å². The van der Waals surface area contributed by atoms with Gasteiger partial charge in [0.2, 0.25) is 0 Å². The molecule has 0 radical (unpaired) electrons. The second-order valence-electron chi connectivity index (χ2n) is 6.05. The number of benzene rings is 2. The molecule has 0 spiro atoms. The van der Waals surface area contributed by atoms with Gasteiger partial charge in [-0.3, -0.25) is 9.47 Å². The van der Waals surface area contributed by atoms with Crippen LogP contribution < -0.4 is 4.74 Å². The lowest BCUT2D eigenvalue weighted by atomic mass is 10.1. The van der Waals surface area contributed by atoms with E-state index in [0.717, 1.165) is 15.9 Å². The molecule has 4 nitrogen and oxygen atoms in total. The minimum Gasteiger partial charge on any atom is -0.497 e. The molecule has 0 N–H and O–H groups in total. The molecule has 1 heterocycles. The van der Waals surface area contributed by atoms with Gasteiger partial charge in [0.05, 0.1) is 24.2 Å². The molecular weight excluding hydrogens is 324 g/mol. The van der Waals surface area contributed by atoms with Crippen LogP contribution in [0.25, 0.3) is 11.0 Å². The molecule has 1 unspecified atom stereocenters. The third kappa shape index (κ3) is 3.49. The van der Waals surface area contributed by atoms with E-state index in [1.807, 2.05) is 43.1 Å². The Labute approximate surface area is 145 Å². The minimum atomic E-state index is -2.63. The predicted octanol–water partition coefficient (Wildman–Crippen LogP) is 4.63. The van der Waals surface area contributed by atoms with Crippen molar-refractivity contribution in [3.63, 3.8) is 0 Å². The number of hydrogen-bond donors (Lipinski definition) is 0. The van der Waals surface area contributed by atoms with Crippen molar-refractivity contribution in [2.75, 3.05) is 14.2 Å². The smallest absolute Gasteiger partial charge is 0.320 e. The first-order valence-electron chi connectivity index (χ1n) is 8.09. The van der Waals surface area contributed by atoms with Gasteiger partial charge < -0.3 is 4.74 Å². The Hall–Kier alpha value is -2.47. The fraction of sp³-hybridized carbons (Fsp3) is 0.316. The van der Waals surface area contributed by atoms with Gasteiger partial charge in [-0.05, 0) is 43.8 Å². The number of hydrogen-bond acceptors (Lipinski definition) is 3. The number of imidazole rings is 1. The summed E-state index contributed by atoms with van der Waals surface area (Å²) in [4.78, 5) is 6.44. The molecule has 25 heavy (non-hydrogen) atoms. The van der Waals surface area contributed by atoms with Crippen LogP contribution in [0.15, 0.2) is 48.5 Å². The molecule has 0 aliphatic carbocycles. The van der Waals surface area contributed by atoms with Gasteiger partial charge in [-0.1, -0.05) is 24.3 Å². The van der Waals surface area contributed by atoms with Gasteiger partial charge in [-0.25, -0.2) is 4.98 Å². The van der Waals surface area contributed by atoms with E-state index in [1.165, 1.54) is 0 Å². The lowest BCUT2D eigenvalue weighted by molar-refractivity contribution is 0.0657. The van der Waals surface area contributed by atoms with Crippen LogP contribution in [0.2, 0.25) is 0 Å². The highest BCUT2D eigenvalue weighted by Gasteiger charge is 2.24. The van der Waals surface area contributed by atoms with Crippen LogP contribution in [0.5, 0.6) is 5.75 Å². The Balaban J connectivity index is 1.90. The molecule has 0 fully saturated rings. The van der Waals surface area contributed by atoms with E-state index in [4.69, 9.17) is 4.74 Å². The van der Waals surface area contributed by atoms with Gasteiger partial charge in [0, 0.05) is 6.54 Å². The Kier molecular flexibility index (Phi) is 4.99. The topological polar surface area (TPSA) is 30.3 Å². The zero-order valence-corrected chi connectivity index (χ0v) is 14.5. The van der Waals surface area contributed by atoms with Crippen molar-refractivity contribution in [3.8, 4) is 5.75 Å². The summed E-state index contributed by atoms with van der Waals surface area (Å²) in [6, 6.07) is 14.4. The van der Waals surface area contributed by atoms with Crippen LogP contribution >= 0.6 is 0 Å². The molecule has 0 bridgehead atoms. The SMILES string of the molecule is COc1cccc(CN(C)C(C)c2nc3ccccc3n2C(F)F)c1. The number of alkyl halides is 2. The number of halogens is 2. The van der Waals surface area contributed by atoms with Gasteiger partial charge in [-0.2, -0.15) is 8.78 Å². The van der Waals surface area contributed by atoms with Gasteiger partial charge in [0.1, 0.15) is 11.6 Å². The summed E-state index contributed by atoms with van der Waals surface area (Å²) in [6.07, 6.45) is 0. The van der Waals surface area contributed by atoms with E-state index >= 15 is 0 Å². The minimum absolute atomic E-state index is 0.271. The maximum atomic E-state index is 13.6. The summed E-state index contributed by atoms with van der Waals surface area (Å²) < 4.78 is 33.5. The van der Waals surface area contributed by atoms with Gasteiger partial charge in [0.25, 0.3) is 0 Å². The highest BCUT2D eigenvalue weighted by atomic mass is 19.3. The average molecular weight is 345 g/mol.